The summed E-state index contributed by atoms with van der Waals surface area (Å²) in [4.78, 5) is 25.9. The molecule has 1 aromatic heterocycles. The Balaban J connectivity index is 1.80. The maximum Gasteiger partial charge on any atom is 0.253 e. The number of allylic oxidation sites excluding steroid dienone is 1. The van der Waals surface area contributed by atoms with Gasteiger partial charge in [0.05, 0.1) is 22.4 Å². The Kier molecular flexibility index (Phi) is 10.8. The van der Waals surface area contributed by atoms with E-state index in [0.29, 0.717) is 34.5 Å². The number of nitrogens with zero attached hydrogens (tertiary/aromatic N) is 3. The molecule has 38 heavy (non-hydrogen) atoms. The molecule has 3 rings (SSSR count). The van der Waals surface area contributed by atoms with Crippen LogP contribution >= 0.6 is 50.9 Å². The van der Waals surface area contributed by atoms with Crippen LogP contribution in [-0.4, -0.2) is 32.3 Å². The number of halogens is 3. The van der Waals surface area contributed by atoms with E-state index in [1.807, 2.05) is 30.5 Å². The van der Waals surface area contributed by atoms with E-state index in [1.54, 1.807) is 18.2 Å². The average Bonchev–Trinajstić information content (AvgIpc) is 3.22. The predicted molar refractivity (Wildman–Crippen MR) is 159 cm³/mol. The lowest BCUT2D eigenvalue weighted by atomic mass is 10.0. The molecule has 0 radical (unpaired) electrons. The molecule has 7 nitrogen and oxygen atoms in total. The molecule has 2 N–H and O–H groups in total. The molecule has 0 aliphatic rings. The van der Waals surface area contributed by atoms with Gasteiger partial charge in [-0.3, -0.25) is 9.59 Å². The summed E-state index contributed by atoms with van der Waals surface area (Å²) in [6, 6.07) is 8.24. The fourth-order valence-corrected chi connectivity index (χ4v) is 5.92. The van der Waals surface area contributed by atoms with Crippen molar-refractivity contribution in [1.29, 1.82) is 0 Å². The third kappa shape index (κ3) is 7.85. The first-order valence-corrected chi connectivity index (χ1v) is 14.5. The summed E-state index contributed by atoms with van der Waals surface area (Å²) in [5, 5.41) is 16.1. The van der Waals surface area contributed by atoms with Crippen LogP contribution in [0.15, 0.2) is 52.6 Å². The summed E-state index contributed by atoms with van der Waals surface area (Å²) in [5.41, 5.74) is 3.07. The molecule has 0 saturated heterocycles. The second-order valence-electron chi connectivity index (χ2n) is 9.27. The van der Waals surface area contributed by atoms with Crippen LogP contribution < -0.4 is 10.6 Å². The topological polar surface area (TPSA) is 88.9 Å². The minimum absolute atomic E-state index is 0.145. The first-order valence-electron chi connectivity index (χ1n) is 12.0. The number of hydrogen-bond acceptors (Lipinski definition) is 5. The van der Waals surface area contributed by atoms with Crippen LogP contribution in [0.4, 0.5) is 5.69 Å². The van der Waals surface area contributed by atoms with Crippen molar-refractivity contribution in [2.75, 3.05) is 11.1 Å². The van der Waals surface area contributed by atoms with Crippen molar-refractivity contribution in [1.82, 2.24) is 20.1 Å². The second-order valence-corrected chi connectivity index (χ2v) is 12.0. The number of nitrogens with one attached hydrogen (secondary N) is 2. The molecule has 0 aliphatic carbocycles. The summed E-state index contributed by atoms with van der Waals surface area (Å²) in [6.07, 6.45) is 2.36. The highest BCUT2D eigenvalue weighted by molar-refractivity contribution is 9.10. The lowest BCUT2D eigenvalue weighted by molar-refractivity contribution is -0.113. The fraction of sp³-hybridized carbons (Fsp3) is 0.333. The molecule has 202 valence electrons. The highest BCUT2D eigenvalue weighted by atomic mass is 79.9. The van der Waals surface area contributed by atoms with Crippen molar-refractivity contribution < 1.29 is 9.59 Å². The van der Waals surface area contributed by atoms with Crippen LogP contribution in [0.5, 0.6) is 0 Å². The van der Waals surface area contributed by atoms with E-state index in [-0.39, 0.29) is 28.5 Å². The van der Waals surface area contributed by atoms with Crippen molar-refractivity contribution in [3.63, 3.8) is 0 Å². The molecular formula is C27H30BrCl2N5O2S. The number of carbonyl (C=O) groups is 2. The van der Waals surface area contributed by atoms with Gasteiger partial charge in [0.1, 0.15) is 0 Å². The third-order valence-electron chi connectivity index (χ3n) is 5.65. The van der Waals surface area contributed by atoms with Crippen LogP contribution in [0.2, 0.25) is 10.0 Å². The minimum atomic E-state index is -0.432. The van der Waals surface area contributed by atoms with Crippen LogP contribution in [0, 0.1) is 19.8 Å². The number of thioether (sulfide) groups is 1. The number of anilines is 1. The maximum absolute atomic E-state index is 13.1. The Morgan fingerprint density at radius 1 is 1.16 bits per heavy atom. The van der Waals surface area contributed by atoms with Gasteiger partial charge in [0.25, 0.3) is 5.91 Å². The molecular weight excluding hydrogens is 609 g/mol. The molecule has 0 bridgehead atoms. The molecule has 1 atom stereocenters. The molecule has 2 amide bonds. The normalized spacial score (nSPS) is 11.9. The molecule has 0 unspecified atom stereocenters. The van der Waals surface area contributed by atoms with Gasteiger partial charge in [-0.2, -0.15) is 0 Å². The Labute approximate surface area is 245 Å². The highest BCUT2D eigenvalue weighted by Gasteiger charge is 2.25. The first-order chi connectivity index (χ1) is 18.0. The van der Waals surface area contributed by atoms with Gasteiger partial charge in [0, 0.05) is 21.7 Å². The zero-order chi connectivity index (χ0) is 28.0. The first kappa shape index (κ1) is 30.2. The molecule has 2 aromatic carbocycles. The van der Waals surface area contributed by atoms with Gasteiger partial charge >= 0.3 is 0 Å². The van der Waals surface area contributed by atoms with Crippen molar-refractivity contribution in [2.45, 2.75) is 51.9 Å². The fourth-order valence-electron chi connectivity index (χ4n) is 3.99. The molecule has 0 spiro atoms. The lowest BCUT2D eigenvalue weighted by Gasteiger charge is -2.21. The summed E-state index contributed by atoms with van der Waals surface area (Å²) >= 11 is 17.0. The average molecular weight is 639 g/mol. The summed E-state index contributed by atoms with van der Waals surface area (Å²) in [5.74, 6) is 0.502. The van der Waals surface area contributed by atoms with E-state index >= 15 is 0 Å². The van der Waals surface area contributed by atoms with E-state index < -0.39 is 6.04 Å². The van der Waals surface area contributed by atoms with Gasteiger partial charge in [-0.05, 0) is 67.6 Å². The maximum atomic E-state index is 13.1. The van der Waals surface area contributed by atoms with Gasteiger partial charge in [-0.25, -0.2) is 0 Å². The van der Waals surface area contributed by atoms with Crippen molar-refractivity contribution >= 4 is 68.4 Å². The number of carbonyl (C=O) groups excluding carboxylic acids is 2. The van der Waals surface area contributed by atoms with Crippen LogP contribution in [0.1, 0.15) is 53.6 Å². The smallest absolute Gasteiger partial charge is 0.253 e. The van der Waals surface area contributed by atoms with Gasteiger partial charge in [0.15, 0.2) is 11.0 Å². The summed E-state index contributed by atoms with van der Waals surface area (Å²) in [6.45, 7) is 12.3. The van der Waals surface area contributed by atoms with E-state index in [4.69, 9.17) is 23.2 Å². The second kappa shape index (κ2) is 13.6. The van der Waals surface area contributed by atoms with E-state index in [0.717, 1.165) is 21.3 Å². The van der Waals surface area contributed by atoms with Crippen LogP contribution in [-0.2, 0) is 11.3 Å². The highest BCUT2D eigenvalue weighted by Crippen LogP contribution is 2.28. The van der Waals surface area contributed by atoms with Gasteiger partial charge in [-0.1, -0.05) is 70.8 Å². The summed E-state index contributed by atoms with van der Waals surface area (Å²) in [7, 11) is 0. The summed E-state index contributed by atoms with van der Waals surface area (Å²) < 4.78 is 2.84. The number of amides is 2. The SMILES string of the molecule is C=CCn1c(SCC(=O)Nc2c(C)cc(Br)cc2C)nnc1[C@@H](CC(C)C)NC(=O)c1ccc(Cl)cc1Cl. The Morgan fingerprint density at radius 3 is 2.45 bits per heavy atom. The van der Waals surface area contributed by atoms with Crippen molar-refractivity contribution in [3.8, 4) is 0 Å². The number of rotatable bonds is 11. The minimum Gasteiger partial charge on any atom is -0.342 e. The van der Waals surface area contributed by atoms with Crippen molar-refractivity contribution in [3.05, 3.63) is 80.0 Å². The van der Waals surface area contributed by atoms with E-state index in [2.05, 4.69) is 57.2 Å². The molecule has 1 heterocycles. The van der Waals surface area contributed by atoms with E-state index in [1.165, 1.54) is 17.8 Å². The van der Waals surface area contributed by atoms with Gasteiger partial charge in [0.2, 0.25) is 5.91 Å². The molecule has 0 saturated carbocycles. The number of aromatic nitrogens is 3. The number of benzene rings is 2. The Morgan fingerprint density at radius 2 is 1.84 bits per heavy atom. The van der Waals surface area contributed by atoms with Crippen LogP contribution in [0.25, 0.3) is 0 Å². The Hall–Kier alpha value is -2.33. The standard InChI is InChI=1S/C27H30BrCl2N5O2S/c1-6-9-35-25(22(10-15(2)3)31-26(37)20-8-7-19(29)13-21(20)30)33-34-27(35)38-14-23(36)32-24-16(4)11-18(28)12-17(24)5/h6-8,11-13,15,22H,1,9-10,14H2,2-5H3,(H,31,37)(H,32,36)/t22-/m1/s1. The number of hydrogen-bond donors (Lipinski definition) is 2. The largest absolute Gasteiger partial charge is 0.342 e. The van der Waals surface area contributed by atoms with Crippen molar-refractivity contribution in [2.24, 2.45) is 5.92 Å². The van der Waals surface area contributed by atoms with E-state index in [9.17, 15) is 9.59 Å². The molecule has 11 heteroatoms. The number of aryl methyl sites for hydroxylation is 2. The lowest BCUT2D eigenvalue weighted by Crippen LogP contribution is -2.32. The third-order valence-corrected chi connectivity index (χ3v) is 7.62. The quantitative estimate of drug-likeness (QED) is 0.169. The Bertz CT molecular complexity index is 1320. The van der Waals surface area contributed by atoms with Gasteiger partial charge in [-0.15, -0.1) is 16.8 Å². The molecule has 3 aromatic rings. The predicted octanol–water partition coefficient (Wildman–Crippen LogP) is 7.40. The molecule has 0 aliphatic heterocycles. The zero-order valence-corrected chi connectivity index (χ0v) is 25.6. The monoisotopic (exact) mass is 637 g/mol. The van der Waals surface area contributed by atoms with Gasteiger partial charge < -0.3 is 15.2 Å². The zero-order valence-electron chi connectivity index (χ0n) is 21.6. The van der Waals surface area contributed by atoms with Crippen LogP contribution in [0.3, 0.4) is 0 Å². The molecule has 0 fully saturated rings.